The molecule has 3 aromatic rings. The van der Waals surface area contributed by atoms with Crippen LogP contribution in [0.15, 0.2) is 39.7 Å². The van der Waals surface area contributed by atoms with Gasteiger partial charge in [0.25, 0.3) is 5.91 Å². The predicted molar refractivity (Wildman–Crippen MR) is 112 cm³/mol. The number of fused-ring (bicyclic) bond motifs is 2. The lowest BCUT2D eigenvalue weighted by molar-refractivity contribution is 0.0527. The quantitative estimate of drug-likeness (QED) is 0.503. The number of thiophene rings is 1. The van der Waals surface area contributed by atoms with E-state index in [1.807, 2.05) is 0 Å². The van der Waals surface area contributed by atoms with Crippen molar-refractivity contribution in [1.29, 1.82) is 0 Å². The maximum absolute atomic E-state index is 12.9. The van der Waals surface area contributed by atoms with Crippen LogP contribution in [0.4, 0.5) is 5.00 Å². The van der Waals surface area contributed by atoms with E-state index < -0.39 is 17.3 Å². The zero-order valence-electron chi connectivity index (χ0n) is 16.1. The monoisotopic (exact) mass is 411 g/mol. The van der Waals surface area contributed by atoms with Gasteiger partial charge in [0.2, 0.25) is 5.43 Å². The van der Waals surface area contributed by atoms with Gasteiger partial charge in [-0.25, -0.2) is 4.79 Å². The molecule has 0 atom stereocenters. The third kappa shape index (κ3) is 3.70. The molecule has 2 aromatic heterocycles. The Balaban J connectivity index is 1.72. The lowest BCUT2D eigenvalue weighted by Gasteiger charge is -2.08. The number of hydrogen-bond acceptors (Lipinski definition) is 6. The molecule has 0 radical (unpaired) electrons. The minimum absolute atomic E-state index is 0.0953. The van der Waals surface area contributed by atoms with Gasteiger partial charge in [0.1, 0.15) is 22.4 Å². The second-order valence-electron chi connectivity index (χ2n) is 6.92. The van der Waals surface area contributed by atoms with E-state index >= 15 is 0 Å². The standard InChI is InChI=1S/C22H21NO5S/c1-2-27-22(26)18-14-9-4-3-5-11-17(14)29-21(18)23-20(25)15-12-28-16-10-7-6-8-13(16)19(15)24/h6-8,10,12H,2-5,9,11H2,1H3,(H,23,25). The van der Waals surface area contributed by atoms with Crippen LogP contribution in [0.3, 0.4) is 0 Å². The van der Waals surface area contributed by atoms with Crippen LogP contribution in [-0.4, -0.2) is 18.5 Å². The van der Waals surface area contributed by atoms with Gasteiger partial charge in [0, 0.05) is 4.88 Å². The number of hydrogen-bond donors (Lipinski definition) is 1. The molecule has 0 aliphatic heterocycles. The average Bonchev–Trinajstić information content (AvgIpc) is 2.89. The number of carbonyl (C=O) groups excluding carboxylic acids is 2. The number of para-hydroxylation sites is 1. The lowest BCUT2D eigenvalue weighted by atomic mass is 10.1. The minimum Gasteiger partial charge on any atom is -0.463 e. The smallest absolute Gasteiger partial charge is 0.341 e. The Morgan fingerprint density at radius 1 is 1.17 bits per heavy atom. The van der Waals surface area contributed by atoms with Gasteiger partial charge in [-0.05, 0) is 50.3 Å². The molecule has 1 N–H and O–H groups in total. The largest absolute Gasteiger partial charge is 0.463 e. The molecular formula is C22H21NO5S. The summed E-state index contributed by atoms with van der Waals surface area (Å²) in [6.07, 6.45) is 6.00. The Morgan fingerprint density at radius 3 is 2.79 bits per heavy atom. The molecule has 4 rings (SSSR count). The molecule has 1 aliphatic rings. The van der Waals surface area contributed by atoms with Crippen molar-refractivity contribution in [3.8, 4) is 0 Å². The molecule has 150 valence electrons. The number of amides is 1. The van der Waals surface area contributed by atoms with E-state index in [9.17, 15) is 14.4 Å². The van der Waals surface area contributed by atoms with Crippen molar-refractivity contribution in [3.05, 3.63) is 62.3 Å². The van der Waals surface area contributed by atoms with Gasteiger partial charge in [-0.3, -0.25) is 9.59 Å². The topological polar surface area (TPSA) is 85.6 Å². The number of benzene rings is 1. The number of nitrogens with one attached hydrogen (secondary N) is 1. The van der Waals surface area contributed by atoms with E-state index in [0.29, 0.717) is 21.5 Å². The van der Waals surface area contributed by atoms with Crippen molar-refractivity contribution in [3.63, 3.8) is 0 Å². The van der Waals surface area contributed by atoms with Gasteiger partial charge in [-0.15, -0.1) is 11.3 Å². The summed E-state index contributed by atoms with van der Waals surface area (Å²) in [7, 11) is 0. The fraction of sp³-hybridized carbons (Fsp3) is 0.318. The maximum atomic E-state index is 12.9. The average molecular weight is 411 g/mol. The van der Waals surface area contributed by atoms with Crippen molar-refractivity contribution in [2.24, 2.45) is 0 Å². The van der Waals surface area contributed by atoms with Crippen LogP contribution in [0, 0.1) is 0 Å². The summed E-state index contributed by atoms with van der Waals surface area (Å²) in [4.78, 5) is 39.3. The SMILES string of the molecule is CCOC(=O)c1c(NC(=O)c2coc3ccccc3c2=O)sc2c1CCCCC2. The Bertz CT molecular complexity index is 1140. The van der Waals surface area contributed by atoms with Crippen molar-refractivity contribution in [2.75, 3.05) is 11.9 Å². The van der Waals surface area contributed by atoms with Crippen LogP contribution in [0.5, 0.6) is 0 Å². The molecule has 0 bridgehead atoms. The fourth-order valence-corrected chi connectivity index (χ4v) is 4.93. The second-order valence-corrected chi connectivity index (χ2v) is 8.02. The van der Waals surface area contributed by atoms with Crippen molar-refractivity contribution < 1.29 is 18.7 Å². The van der Waals surface area contributed by atoms with Gasteiger partial charge in [0.15, 0.2) is 0 Å². The highest BCUT2D eigenvalue weighted by molar-refractivity contribution is 7.17. The highest BCUT2D eigenvalue weighted by Gasteiger charge is 2.27. The first-order valence-corrected chi connectivity index (χ1v) is 10.5. The van der Waals surface area contributed by atoms with Crippen LogP contribution in [0.25, 0.3) is 11.0 Å². The first-order valence-electron chi connectivity index (χ1n) is 9.73. The number of anilines is 1. The highest BCUT2D eigenvalue weighted by Crippen LogP contribution is 2.38. The summed E-state index contributed by atoms with van der Waals surface area (Å²) < 4.78 is 10.7. The molecule has 0 saturated heterocycles. The van der Waals surface area contributed by atoms with Crippen LogP contribution in [-0.2, 0) is 17.6 Å². The van der Waals surface area contributed by atoms with Crippen molar-refractivity contribution in [1.82, 2.24) is 0 Å². The number of ether oxygens (including phenoxy) is 1. The number of esters is 1. The highest BCUT2D eigenvalue weighted by atomic mass is 32.1. The van der Waals surface area contributed by atoms with Crippen LogP contribution >= 0.6 is 11.3 Å². The molecule has 0 spiro atoms. The number of carbonyl (C=O) groups is 2. The molecule has 0 fully saturated rings. The molecule has 7 heteroatoms. The zero-order valence-corrected chi connectivity index (χ0v) is 16.9. The molecule has 29 heavy (non-hydrogen) atoms. The summed E-state index contributed by atoms with van der Waals surface area (Å²) in [5, 5.41) is 3.55. The summed E-state index contributed by atoms with van der Waals surface area (Å²) in [6, 6.07) is 6.77. The molecule has 1 aromatic carbocycles. The van der Waals surface area contributed by atoms with E-state index in [4.69, 9.17) is 9.15 Å². The first kappa shape index (κ1) is 19.4. The number of aryl methyl sites for hydroxylation is 1. The van der Waals surface area contributed by atoms with Gasteiger partial charge in [0.05, 0.1) is 17.6 Å². The molecule has 0 saturated carbocycles. The van der Waals surface area contributed by atoms with Gasteiger partial charge < -0.3 is 14.5 Å². The maximum Gasteiger partial charge on any atom is 0.341 e. The normalized spacial score (nSPS) is 13.6. The van der Waals surface area contributed by atoms with E-state index in [1.165, 1.54) is 17.6 Å². The number of rotatable bonds is 4. The predicted octanol–water partition coefficient (Wildman–Crippen LogP) is 4.55. The molecule has 1 amide bonds. The van der Waals surface area contributed by atoms with Crippen LogP contribution in [0.1, 0.15) is 57.3 Å². The summed E-state index contributed by atoms with van der Waals surface area (Å²) in [5.74, 6) is -1.03. The summed E-state index contributed by atoms with van der Waals surface area (Å²) in [5.41, 5.74) is 1.31. The first-order chi connectivity index (χ1) is 14.1. The van der Waals surface area contributed by atoms with Crippen LogP contribution < -0.4 is 10.7 Å². The van der Waals surface area contributed by atoms with E-state index in [2.05, 4.69) is 5.32 Å². The molecule has 0 unspecified atom stereocenters. The van der Waals surface area contributed by atoms with E-state index in [1.54, 1.807) is 31.2 Å². The zero-order chi connectivity index (χ0) is 20.4. The Morgan fingerprint density at radius 2 is 1.97 bits per heavy atom. The molecule has 2 heterocycles. The Kier molecular flexibility index (Phi) is 5.49. The van der Waals surface area contributed by atoms with E-state index in [0.717, 1.165) is 42.5 Å². The third-order valence-electron chi connectivity index (χ3n) is 5.05. The fourth-order valence-electron chi connectivity index (χ4n) is 3.66. The molecule has 6 nitrogen and oxygen atoms in total. The van der Waals surface area contributed by atoms with E-state index in [-0.39, 0.29) is 12.2 Å². The van der Waals surface area contributed by atoms with Crippen molar-refractivity contribution >= 4 is 39.2 Å². The third-order valence-corrected chi connectivity index (χ3v) is 6.26. The summed E-state index contributed by atoms with van der Waals surface area (Å²) in [6.45, 7) is 2.01. The van der Waals surface area contributed by atoms with Crippen LogP contribution in [0.2, 0.25) is 0 Å². The van der Waals surface area contributed by atoms with Gasteiger partial charge in [-0.1, -0.05) is 18.6 Å². The Hall–Kier alpha value is -2.93. The second kappa shape index (κ2) is 8.21. The minimum atomic E-state index is -0.591. The van der Waals surface area contributed by atoms with Crippen molar-refractivity contribution in [2.45, 2.75) is 39.0 Å². The lowest BCUT2D eigenvalue weighted by Crippen LogP contribution is -2.22. The molecular weight excluding hydrogens is 390 g/mol. The Labute approximate surface area is 171 Å². The van der Waals surface area contributed by atoms with Gasteiger partial charge >= 0.3 is 5.97 Å². The van der Waals surface area contributed by atoms with Gasteiger partial charge in [-0.2, -0.15) is 0 Å². The summed E-state index contributed by atoms with van der Waals surface area (Å²) >= 11 is 1.40. The molecule has 1 aliphatic carbocycles.